The van der Waals surface area contributed by atoms with Crippen LogP contribution in [0.25, 0.3) is 0 Å². The number of hydrogen-bond acceptors (Lipinski definition) is 3. The summed E-state index contributed by atoms with van der Waals surface area (Å²) in [5, 5.41) is 12.8. The van der Waals surface area contributed by atoms with E-state index in [2.05, 4.69) is 19.2 Å². The zero-order valence-electron chi connectivity index (χ0n) is 9.66. The monoisotopic (exact) mass is 212 g/mol. The highest BCUT2D eigenvalue weighted by molar-refractivity contribution is 5.82. The van der Waals surface area contributed by atoms with Crippen LogP contribution in [0, 0.1) is 11.3 Å². The average molecular weight is 212 g/mol. The molecule has 86 valence electrons. The number of rotatable bonds is 2. The second-order valence-electron chi connectivity index (χ2n) is 5.49. The second-order valence-corrected chi connectivity index (χ2v) is 5.49. The van der Waals surface area contributed by atoms with Gasteiger partial charge in [-0.3, -0.25) is 4.79 Å². The topological polar surface area (TPSA) is 52.6 Å². The summed E-state index contributed by atoms with van der Waals surface area (Å²) >= 11 is 0. The second kappa shape index (κ2) is 3.46. The Morgan fingerprint density at radius 2 is 2.07 bits per heavy atom. The summed E-state index contributed by atoms with van der Waals surface area (Å²) in [5.74, 6) is 0.350. The fourth-order valence-corrected chi connectivity index (χ4v) is 2.34. The fraction of sp³-hybridized carbons (Fsp3) is 0.909. The summed E-state index contributed by atoms with van der Waals surface area (Å²) in [5.41, 5.74) is 0.169. The lowest BCUT2D eigenvalue weighted by Crippen LogP contribution is -2.45. The van der Waals surface area contributed by atoms with Crippen molar-refractivity contribution in [3.8, 4) is 0 Å². The third-order valence-electron chi connectivity index (χ3n) is 3.81. The number of nitrogens with one attached hydrogen (secondary N) is 1. The highest BCUT2D eigenvalue weighted by Gasteiger charge is 2.52. The first-order valence-corrected chi connectivity index (χ1v) is 5.59. The van der Waals surface area contributed by atoms with Crippen LogP contribution in [-0.2, 0) is 4.79 Å². The molecule has 0 aromatic carbocycles. The van der Waals surface area contributed by atoms with Crippen LogP contribution in [0.3, 0.4) is 0 Å². The molecular weight excluding hydrogens is 192 g/mol. The summed E-state index contributed by atoms with van der Waals surface area (Å²) in [4.78, 5) is 13.8. The van der Waals surface area contributed by atoms with Gasteiger partial charge in [0, 0.05) is 26.1 Å². The van der Waals surface area contributed by atoms with Gasteiger partial charge >= 0.3 is 0 Å². The number of β-amino-alcohol motifs (C(OH)–C–C–N with tert-alkyl or cyclic N) is 1. The molecule has 2 N–H and O–H groups in total. The first-order chi connectivity index (χ1) is 6.93. The third kappa shape index (κ3) is 1.88. The number of nitrogens with zero attached hydrogens (tertiary/aromatic N) is 1. The number of carbonyl (C=O) groups excluding carboxylic acids is 1. The van der Waals surface area contributed by atoms with E-state index in [1.54, 1.807) is 11.9 Å². The predicted molar refractivity (Wildman–Crippen MR) is 57.3 cm³/mol. The van der Waals surface area contributed by atoms with Gasteiger partial charge in [0.05, 0.1) is 12.1 Å². The van der Waals surface area contributed by atoms with Gasteiger partial charge in [0.1, 0.15) is 0 Å². The molecule has 2 rings (SSSR count). The Morgan fingerprint density at radius 1 is 1.47 bits per heavy atom. The molecule has 0 bridgehead atoms. The molecule has 4 heteroatoms. The van der Waals surface area contributed by atoms with E-state index in [-0.39, 0.29) is 23.3 Å². The molecule has 1 aliphatic carbocycles. The van der Waals surface area contributed by atoms with E-state index < -0.39 is 6.10 Å². The number of amides is 1. The van der Waals surface area contributed by atoms with Crippen molar-refractivity contribution in [3.05, 3.63) is 0 Å². The molecule has 0 spiro atoms. The molecule has 15 heavy (non-hydrogen) atoms. The molecule has 1 heterocycles. The number of aliphatic hydroxyl groups excluding tert-OH is 1. The van der Waals surface area contributed by atoms with Crippen molar-refractivity contribution in [2.75, 3.05) is 20.1 Å². The summed E-state index contributed by atoms with van der Waals surface area (Å²) in [6.07, 6.45) is 0.563. The van der Waals surface area contributed by atoms with Crippen LogP contribution in [0.1, 0.15) is 20.3 Å². The lowest BCUT2D eigenvalue weighted by molar-refractivity contribution is -0.135. The molecule has 0 aromatic heterocycles. The van der Waals surface area contributed by atoms with E-state index in [9.17, 15) is 9.90 Å². The average Bonchev–Trinajstić information content (AvgIpc) is 2.58. The van der Waals surface area contributed by atoms with E-state index in [1.807, 2.05) is 0 Å². The van der Waals surface area contributed by atoms with Gasteiger partial charge < -0.3 is 15.3 Å². The lowest BCUT2D eigenvalue weighted by atomic mass is 10.1. The zero-order valence-corrected chi connectivity index (χ0v) is 9.66. The van der Waals surface area contributed by atoms with Gasteiger partial charge in [-0.2, -0.15) is 0 Å². The van der Waals surface area contributed by atoms with E-state index in [0.717, 1.165) is 6.42 Å². The Morgan fingerprint density at radius 3 is 2.47 bits per heavy atom. The van der Waals surface area contributed by atoms with Crippen molar-refractivity contribution in [2.45, 2.75) is 32.4 Å². The Labute approximate surface area is 90.6 Å². The molecule has 1 aliphatic heterocycles. The van der Waals surface area contributed by atoms with Crippen molar-refractivity contribution >= 4 is 5.91 Å². The predicted octanol–water partition coefficient (Wildman–Crippen LogP) is -0.176. The van der Waals surface area contributed by atoms with E-state index >= 15 is 0 Å². The molecule has 2 aliphatic rings. The highest BCUT2D eigenvalue weighted by Crippen LogP contribution is 2.52. The van der Waals surface area contributed by atoms with Crippen LogP contribution in [0.15, 0.2) is 0 Å². The molecule has 0 aromatic rings. The first kappa shape index (κ1) is 10.9. The Balaban J connectivity index is 1.96. The van der Waals surface area contributed by atoms with E-state index in [1.165, 1.54) is 0 Å². The highest BCUT2D eigenvalue weighted by atomic mass is 16.3. The molecule has 1 amide bonds. The molecule has 1 saturated carbocycles. The maximum atomic E-state index is 12.0. The van der Waals surface area contributed by atoms with Crippen molar-refractivity contribution in [3.63, 3.8) is 0 Å². The van der Waals surface area contributed by atoms with Crippen molar-refractivity contribution in [1.29, 1.82) is 0 Å². The SMILES string of the molecule is CN(C(=O)C1CC1(C)C)[C@H]1CNC[C@@H]1O. The first-order valence-electron chi connectivity index (χ1n) is 5.59. The van der Waals surface area contributed by atoms with Crippen LogP contribution in [-0.4, -0.2) is 48.2 Å². The normalized spacial score (nSPS) is 37.7. The molecule has 2 fully saturated rings. The van der Waals surface area contributed by atoms with Crippen LogP contribution in [0.5, 0.6) is 0 Å². The Bertz CT molecular complexity index is 278. The van der Waals surface area contributed by atoms with Gasteiger partial charge in [-0.25, -0.2) is 0 Å². The van der Waals surface area contributed by atoms with Crippen molar-refractivity contribution < 1.29 is 9.90 Å². The number of likely N-dealkylation sites (N-methyl/N-ethyl adjacent to an activating group) is 1. The molecule has 1 saturated heterocycles. The van der Waals surface area contributed by atoms with Gasteiger partial charge in [0.2, 0.25) is 5.91 Å². The van der Waals surface area contributed by atoms with Crippen molar-refractivity contribution in [1.82, 2.24) is 10.2 Å². The van der Waals surface area contributed by atoms with Gasteiger partial charge in [-0.15, -0.1) is 0 Å². The quantitative estimate of drug-likeness (QED) is 0.668. The van der Waals surface area contributed by atoms with Gasteiger partial charge in [-0.05, 0) is 11.8 Å². The molecule has 0 radical (unpaired) electrons. The molecule has 3 atom stereocenters. The summed E-state index contributed by atoms with van der Waals surface area (Å²) in [7, 11) is 1.80. The van der Waals surface area contributed by atoms with Crippen LogP contribution >= 0.6 is 0 Å². The largest absolute Gasteiger partial charge is 0.390 e. The van der Waals surface area contributed by atoms with Gasteiger partial charge in [0.25, 0.3) is 0 Å². The maximum Gasteiger partial charge on any atom is 0.226 e. The number of carbonyl (C=O) groups is 1. The minimum Gasteiger partial charge on any atom is -0.390 e. The zero-order chi connectivity index (χ0) is 11.2. The smallest absolute Gasteiger partial charge is 0.226 e. The summed E-state index contributed by atoms with van der Waals surface area (Å²) in [6.45, 7) is 5.53. The van der Waals surface area contributed by atoms with Gasteiger partial charge in [-0.1, -0.05) is 13.8 Å². The van der Waals surface area contributed by atoms with Crippen LogP contribution in [0.4, 0.5) is 0 Å². The van der Waals surface area contributed by atoms with E-state index in [0.29, 0.717) is 13.1 Å². The molecule has 4 nitrogen and oxygen atoms in total. The molecule has 1 unspecified atom stereocenters. The standard InChI is InChI=1S/C11H20N2O2/c1-11(2)4-7(11)10(15)13(3)8-5-12-6-9(8)14/h7-9,12,14H,4-6H2,1-3H3/t7?,8-,9-/m0/s1. The molecular formula is C11H20N2O2. The number of hydrogen-bond donors (Lipinski definition) is 2. The van der Waals surface area contributed by atoms with E-state index in [4.69, 9.17) is 0 Å². The Hall–Kier alpha value is -0.610. The fourth-order valence-electron chi connectivity index (χ4n) is 2.34. The van der Waals surface area contributed by atoms with Crippen LogP contribution in [0.2, 0.25) is 0 Å². The van der Waals surface area contributed by atoms with Crippen molar-refractivity contribution in [2.24, 2.45) is 11.3 Å². The van der Waals surface area contributed by atoms with Gasteiger partial charge in [0.15, 0.2) is 0 Å². The summed E-state index contributed by atoms with van der Waals surface area (Å²) in [6, 6.07) is -0.0473. The lowest BCUT2D eigenvalue weighted by Gasteiger charge is -2.27. The minimum atomic E-state index is -0.416. The number of aliphatic hydroxyl groups is 1. The Kier molecular flexibility index (Phi) is 2.51. The minimum absolute atomic E-state index is 0.0473. The summed E-state index contributed by atoms with van der Waals surface area (Å²) < 4.78 is 0. The maximum absolute atomic E-state index is 12.0. The van der Waals surface area contributed by atoms with Crippen LogP contribution < -0.4 is 5.32 Å². The third-order valence-corrected chi connectivity index (χ3v) is 3.81.